The molecule has 0 unspecified atom stereocenters. The van der Waals surface area contributed by atoms with Gasteiger partial charge >= 0.3 is 5.97 Å². The number of hydrogen-bond donors (Lipinski definition) is 1. The summed E-state index contributed by atoms with van der Waals surface area (Å²) in [6.45, 7) is 7.33. The highest BCUT2D eigenvalue weighted by atomic mass is 16.6. The molecule has 0 saturated carbocycles. The van der Waals surface area contributed by atoms with Crippen LogP contribution < -0.4 is 10.1 Å². The predicted octanol–water partition coefficient (Wildman–Crippen LogP) is 3.67. The van der Waals surface area contributed by atoms with Gasteiger partial charge in [-0.15, -0.1) is 0 Å². The zero-order valence-corrected chi connectivity index (χ0v) is 16.4. The normalized spacial score (nSPS) is 11.6. The summed E-state index contributed by atoms with van der Waals surface area (Å²) in [5.74, 6) is -0.284. The Hall–Kier alpha value is -2.82. The maximum Gasteiger partial charge on any atom is 0.344 e. The molecule has 0 fully saturated rings. The monoisotopic (exact) mass is 369 g/mol. The van der Waals surface area contributed by atoms with Crippen LogP contribution in [0.5, 0.6) is 5.75 Å². The fraction of sp³-hybridized carbons (Fsp3) is 0.364. The van der Waals surface area contributed by atoms with E-state index in [4.69, 9.17) is 9.47 Å². The van der Waals surface area contributed by atoms with E-state index in [1.807, 2.05) is 57.2 Å². The van der Waals surface area contributed by atoms with Gasteiger partial charge in [0.05, 0.1) is 6.04 Å². The van der Waals surface area contributed by atoms with Gasteiger partial charge in [0.1, 0.15) is 5.75 Å². The lowest BCUT2D eigenvalue weighted by Gasteiger charge is -2.15. The zero-order valence-electron chi connectivity index (χ0n) is 16.4. The number of ether oxygens (including phenoxy) is 2. The standard InChI is InChI=1S/C22H27NO4/c1-5-18-9-11-19(12-10-18)17(4)23-21(24)13-27-22(25)14-26-20-8-6-7-15(2)16(20)3/h6-12,17H,5,13-14H2,1-4H3,(H,23,24)/t17-/m1/s1. The lowest BCUT2D eigenvalue weighted by Crippen LogP contribution is -2.32. The van der Waals surface area contributed by atoms with Crippen molar-refractivity contribution in [1.29, 1.82) is 0 Å². The lowest BCUT2D eigenvalue weighted by atomic mass is 10.1. The van der Waals surface area contributed by atoms with Gasteiger partial charge in [-0.05, 0) is 55.5 Å². The SMILES string of the molecule is CCc1ccc([C@@H](C)NC(=O)COC(=O)COc2cccc(C)c2C)cc1. The summed E-state index contributed by atoms with van der Waals surface area (Å²) in [4.78, 5) is 23.8. The molecule has 5 heteroatoms. The second kappa shape index (κ2) is 9.76. The van der Waals surface area contributed by atoms with Crippen LogP contribution in [0, 0.1) is 13.8 Å². The largest absolute Gasteiger partial charge is 0.482 e. The molecule has 0 bridgehead atoms. The fourth-order valence-corrected chi connectivity index (χ4v) is 2.61. The molecule has 0 aromatic heterocycles. The third-order valence-corrected chi connectivity index (χ3v) is 4.53. The van der Waals surface area contributed by atoms with Gasteiger partial charge in [-0.2, -0.15) is 0 Å². The molecule has 2 rings (SSSR count). The number of benzene rings is 2. The molecule has 0 saturated heterocycles. The van der Waals surface area contributed by atoms with Gasteiger partial charge in [-0.3, -0.25) is 4.79 Å². The van der Waals surface area contributed by atoms with Gasteiger partial charge in [0.15, 0.2) is 13.2 Å². The average Bonchev–Trinajstić information content (AvgIpc) is 2.67. The second-order valence-electron chi connectivity index (χ2n) is 6.53. The van der Waals surface area contributed by atoms with Crippen molar-refractivity contribution in [2.75, 3.05) is 13.2 Å². The molecule has 1 amide bonds. The van der Waals surface area contributed by atoms with Crippen LogP contribution >= 0.6 is 0 Å². The highest BCUT2D eigenvalue weighted by molar-refractivity contribution is 5.81. The van der Waals surface area contributed by atoms with E-state index in [1.54, 1.807) is 6.07 Å². The van der Waals surface area contributed by atoms with Crippen LogP contribution in [0.4, 0.5) is 0 Å². The van der Waals surface area contributed by atoms with Crippen molar-refractivity contribution in [3.8, 4) is 5.75 Å². The van der Waals surface area contributed by atoms with Gasteiger partial charge in [-0.1, -0.05) is 43.3 Å². The molecule has 1 N–H and O–H groups in total. The van der Waals surface area contributed by atoms with Crippen LogP contribution in [0.15, 0.2) is 42.5 Å². The fourth-order valence-electron chi connectivity index (χ4n) is 2.61. The van der Waals surface area contributed by atoms with Crippen molar-refractivity contribution in [2.45, 2.75) is 40.2 Å². The van der Waals surface area contributed by atoms with Crippen molar-refractivity contribution in [3.05, 3.63) is 64.7 Å². The predicted molar refractivity (Wildman–Crippen MR) is 105 cm³/mol. The van der Waals surface area contributed by atoms with E-state index in [0.717, 1.165) is 23.1 Å². The molecule has 144 valence electrons. The Kier molecular flexibility index (Phi) is 7.41. The second-order valence-corrected chi connectivity index (χ2v) is 6.53. The molecule has 0 radical (unpaired) electrons. The molecule has 1 atom stereocenters. The number of hydrogen-bond acceptors (Lipinski definition) is 4. The van der Waals surface area contributed by atoms with Crippen LogP contribution in [-0.2, 0) is 20.7 Å². The topological polar surface area (TPSA) is 64.6 Å². The number of rotatable bonds is 8. The molecular weight excluding hydrogens is 342 g/mol. The minimum absolute atomic E-state index is 0.159. The number of carbonyl (C=O) groups is 2. The Morgan fingerprint density at radius 1 is 1.04 bits per heavy atom. The number of esters is 1. The van der Waals surface area contributed by atoms with Crippen LogP contribution in [0.1, 0.15) is 42.1 Å². The minimum atomic E-state index is -0.578. The summed E-state index contributed by atoms with van der Waals surface area (Å²) in [5.41, 5.74) is 4.31. The first-order valence-corrected chi connectivity index (χ1v) is 9.13. The van der Waals surface area contributed by atoms with Crippen LogP contribution in [0.3, 0.4) is 0 Å². The summed E-state index contributed by atoms with van der Waals surface area (Å²) in [6, 6.07) is 13.6. The van der Waals surface area contributed by atoms with E-state index >= 15 is 0 Å². The number of carbonyl (C=O) groups excluding carboxylic acids is 2. The van der Waals surface area contributed by atoms with Crippen molar-refractivity contribution in [1.82, 2.24) is 5.32 Å². The molecular formula is C22H27NO4. The van der Waals surface area contributed by atoms with Crippen LogP contribution in [0.2, 0.25) is 0 Å². The van der Waals surface area contributed by atoms with Gasteiger partial charge in [0, 0.05) is 0 Å². The first-order valence-electron chi connectivity index (χ1n) is 9.13. The first-order chi connectivity index (χ1) is 12.9. The maximum atomic E-state index is 12.0. The number of amides is 1. The Morgan fingerprint density at radius 2 is 1.74 bits per heavy atom. The van der Waals surface area contributed by atoms with Crippen molar-refractivity contribution < 1.29 is 19.1 Å². The van der Waals surface area contributed by atoms with Gasteiger partial charge in [0.25, 0.3) is 5.91 Å². The number of nitrogens with one attached hydrogen (secondary N) is 1. The third kappa shape index (κ3) is 6.13. The van der Waals surface area contributed by atoms with Crippen molar-refractivity contribution >= 4 is 11.9 Å². The maximum absolute atomic E-state index is 12.0. The summed E-state index contributed by atoms with van der Waals surface area (Å²) >= 11 is 0. The van der Waals surface area contributed by atoms with E-state index < -0.39 is 5.97 Å². The molecule has 0 aliphatic rings. The van der Waals surface area contributed by atoms with E-state index in [-0.39, 0.29) is 25.2 Å². The summed E-state index contributed by atoms with van der Waals surface area (Å²) < 4.78 is 10.5. The molecule has 0 spiro atoms. The Bertz CT molecular complexity index is 783. The Balaban J connectivity index is 1.75. The van der Waals surface area contributed by atoms with E-state index in [1.165, 1.54) is 5.56 Å². The molecule has 27 heavy (non-hydrogen) atoms. The minimum Gasteiger partial charge on any atom is -0.482 e. The molecule has 0 aliphatic carbocycles. The number of aryl methyl sites for hydroxylation is 2. The van der Waals surface area contributed by atoms with E-state index in [2.05, 4.69) is 12.2 Å². The highest BCUT2D eigenvalue weighted by Gasteiger charge is 2.13. The third-order valence-electron chi connectivity index (χ3n) is 4.53. The van der Waals surface area contributed by atoms with Gasteiger partial charge in [0.2, 0.25) is 0 Å². The van der Waals surface area contributed by atoms with Gasteiger partial charge in [-0.25, -0.2) is 4.79 Å². The Labute approximate surface area is 160 Å². The van der Waals surface area contributed by atoms with E-state index in [0.29, 0.717) is 5.75 Å². The molecule has 2 aromatic rings. The first kappa shape index (κ1) is 20.5. The molecule has 2 aromatic carbocycles. The summed E-state index contributed by atoms with van der Waals surface area (Å²) in [7, 11) is 0. The Morgan fingerprint density at radius 3 is 2.41 bits per heavy atom. The smallest absolute Gasteiger partial charge is 0.344 e. The quantitative estimate of drug-likeness (QED) is 0.721. The average molecular weight is 369 g/mol. The van der Waals surface area contributed by atoms with Crippen molar-refractivity contribution in [2.24, 2.45) is 0 Å². The molecule has 5 nitrogen and oxygen atoms in total. The van der Waals surface area contributed by atoms with Crippen LogP contribution in [0.25, 0.3) is 0 Å². The van der Waals surface area contributed by atoms with Crippen LogP contribution in [-0.4, -0.2) is 25.1 Å². The lowest BCUT2D eigenvalue weighted by molar-refractivity contribution is -0.150. The van der Waals surface area contributed by atoms with Gasteiger partial charge < -0.3 is 14.8 Å². The van der Waals surface area contributed by atoms with E-state index in [9.17, 15) is 9.59 Å². The molecule has 0 heterocycles. The highest BCUT2D eigenvalue weighted by Crippen LogP contribution is 2.20. The summed E-state index contributed by atoms with van der Waals surface area (Å²) in [6.07, 6.45) is 0.973. The summed E-state index contributed by atoms with van der Waals surface area (Å²) in [5, 5.41) is 2.82. The van der Waals surface area contributed by atoms with Crippen molar-refractivity contribution in [3.63, 3.8) is 0 Å². The zero-order chi connectivity index (χ0) is 19.8. The molecule has 0 aliphatic heterocycles.